The zero-order valence-corrected chi connectivity index (χ0v) is 17.7. The summed E-state index contributed by atoms with van der Waals surface area (Å²) >= 11 is 18.3. The number of hydrogen-bond donors (Lipinski definition) is 4. The molecule has 16 nitrogen and oxygen atoms in total. The molecule has 2 aliphatic rings. The van der Waals surface area contributed by atoms with Crippen LogP contribution in [0.3, 0.4) is 0 Å². The minimum atomic E-state index is -2.21. The molecule has 2 fully saturated rings. The minimum Gasteiger partial charge on any atom is -0.342 e. The van der Waals surface area contributed by atoms with Gasteiger partial charge in [0.15, 0.2) is 0 Å². The largest absolute Gasteiger partial charge is 0.467 e. The summed E-state index contributed by atoms with van der Waals surface area (Å²) in [5.74, 6) is -4.29. The van der Waals surface area contributed by atoms with Gasteiger partial charge >= 0.3 is 44.9 Å². The van der Waals surface area contributed by atoms with Crippen LogP contribution in [0.25, 0.3) is 0 Å². The van der Waals surface area contributed by atoms with Crippen LogP contribution in [0.1, 0.15) is 0 Å². The summed E-state index contributed by atoms with van der Waals surface area (Å²) < 4.78 is 0. The van der Waals surface area contributed by atoms with Crippen LogP contribution in [0.15, 0.2) is 0 Å². The Hall–Kier alpha value is -1.57. The fourth-order valence-corrected chi connectivity index (χ4v) is 0.388. The van der Waals surface area contributed by atoms with Gasteiger partial charge in [-0.1, -0.05) is 0 Å². The molecule has 0 aromatic carbocycles. The molecule has 0 bridgehead atoms. The molecule has 0 aromatic rings. The Morgan fingerprint density at radius 2 is 1.10 bits per heavy atom. The Bertz CT molecular complexity index is 581. The molecule has 0 aromatic heterocycles. The second-order valence-electron chi connectivity index (χ2n) is 2.96. The van der Waals surface area contributed by atoms with Crippen LogP contribution in [0.4, 0.5) is 0 Å². The number of carbonyl (C=O) groups excluding carboxylic acids is 7. The van der Waals surface area contributed by atoms with Crippen molar-refractivity contribution in [1.82, 2.24) is 0 Å². The summed E-state index contributed by atoms with van der Waals surface area (Å²) in [7, 11) is 0. The summed E-state index contributed by atoms with van der Waals surface area (Å²) in [4.78, 5) is 84.1. The third kappa shape index (κ3) is 19.7. The van der Waals surface area contributed by atoms with E-state index in [4.69, 9.17) is 32.5 Å². The van der Waals surface area contributed by atoms with E-state index in [9.17, 15) is 33.6 Å². The van der Waals surface area contributed by atoms with Gasteiger partial charge in [-0.2, -0.15) is 5.26 Å². The second kappa shape index (κ2) is 20.7. The van der Waals surface area contributed by atoms with E-state index in [1.807, 2.05) is 0 Å². The summed E-state index contributed by atoms with van der Waals surface area (Å²) in [5, 5.41) is 21.8. The summed E-state index contributed by atoms with van der Waals surface area (Å²) in [6.45, 7) is 0. The van der Waals surface area contributed by atoms with Gasteiger partial charge in [0.2, 0.25) is 0 Å². The zero-order valence-electron chi connectivity index (χ0n) is 13.0. The Morgan fingerprint density at radius 3 is 1.10 bits per heavy atom. The van der Waals surface area contributed by atoms with Gasteiger partial charge in [-0.3, -0.25) is 34.7 Å². The topological polar surface area (TPSA) is 247 Å². The predicted molar refractivity (Wildman–Crippen MR) is 91.2 cm³/mol. The monoisotopic (exact) mass is 568 g/mol. The van der Waals surface area contributed by atoms with Gasteiger partial charge in [0.05, 0.1) is 0 Å². The highest BCUT2D eigenvalue weighted by molar-refractivity contribution is 6.97. The molecular formula is C8H6Cl6O16. The molecule has 22 heteroatoms. The molecule has 1 unspecified atom stereocenters. The molecule has 4 N–H and O–H groups in total. The first-order chi connectivity index (χ1) is 12.8. The van der Waals surface area contributed by atoms with Gasteiger partial charge in [-0.05, 0) is 46.4 Å². The highest BCUT2D eigenvalue weighted by Gasteiger charge is 2.50. The van der Waals surface area contributed by atoms with Crippen molar-refractivity contribution in [2.45, 2.75) is 5.25 Å². The minimum absolute atomic E-state index is 0. The third-order valence-electron chi connectivity index (χ3n) is 1.24. The standard InChI is InChI=1S/C2Cl2O2.2C2HClO4.C2O4.2ClH.H2O2/c3-1(5)2(4)6;3-2(5)1(4)6-7-2;3-1(4)2(5)7-6;3-1-2(4)6-5-1;;;1-2/h;5H;6H;;2*1H;1-2H. The van der Waals surface area contributed by atoms with Crippen LogP contribution in [-0.4, -0.2) is 65.7 Å². The molecule has 2 heterocycles. The molecule has 2 saturated heterocycles. The van der Waals surface area contributed by atoms with E-state index >= 15 is 0 Å². The maximum absolute atomic E-state index is 9.82. The van der Waals surface area contributed by atoms with Gasteiger partial charge in [0.25, 0.3) is 0 Å². The lowest BCUT2D eigenvalue weighted by Gasteiger charge is -2.23. The maximum atomic E-state index is 9.82. The fourth-order valence-electron chi connectivity index (χ4n) is 0.290. The molecule has 0 spiro atoms. The first kappa shape index (κ1) is 39.0. The SMILES string of the molecule is Cl.Cl.O=C(Cl)C(=O)Cl.O=C(Cl)C(=O)OO.O=C1OOC1(O)Cl.O=C1OOC1=O.OO. The zero-order chi connectivity index (χ0) is 23.1. The van der Waals surface area contributed by atoms with Crippen molar-refractivity contribution in [3.63, 3.8) is 0 Å². The summed E-state index contributed by atoms with van der Waals surface area (Å²) in [5.41, 5.74) is 0. The molecule has 0 aliphatic carbocycles. The van der Waals surface area contributed by atoms with E-state index in [1.54, 1.807) is 0 Å². The molecule has 1 atom stereocenters. The second-order valence-corrected chi connectivity index (χ2v) is 4.50. The highest BCUT2D eigenvalue weighted by Crippen LogP contribution is 2.24. The number of aliphatic hydroxyl groups is 1. The summed E-state index contributed by atoms with van der Waals surface area (Å²) in [6, 6.07) is 0. The molecule has 0 saturated carbocycles. The van der Waals surface area contributed by atoms with Gasteiger partial charge in [-0.15, -0.1) is 29.7 Å². The Balaban J connectivity index is -0.0000000883. The molecule has 2 aliphatic heterocycles. The maximum Gasteiger partial charge on any atom is 0.467 e. The summed E-state index contributed by atoms with van der Waals surface area (Å²) in [6.07, 6.45) is 0. The average molecular weight is 571 g/mol. The van der Waals surface area contributed by atoms with Gasteiger partial charge in [0.1, 0.15) is 0 Å². The number of carbonyl (C=O) groups is 7. The van der Waals surface area contributed by atoms with Crippen LogP contribution >= 0.6 is 71.2 Å². The molecule has 0 amide bonds. The lowest BCUT2D eigenvalue weighted by Crippen LogP contribution is -2.47. The quantitative estimate of drug-likeness (QED) is 0.107. The number of halogens is 6. The Labute approximate surface area is 194 Å². The number of hydrogen-bond acceptors (Lipinski definition) is 16. The van der Waals surface area contributed by atoms with E-state index in [0.717, 1.165) is 0 Å². The fraction of sp³-hybridized carbons (Fsp3) is 0.125. The van der Waals surface area contributed by atoms with Crippen molar-refractivity contribution in [1.29, 1.82) is 0 Å². The van der Waals surface area contributed by atoms with E-state index in [2.05, 4.69) is 59.2 Å². The Kier molecular flexibility index (Phi) is 26.9. The van der Waals surface area contributed by atoms with E-state index in [0.29, 0.717) is 0 Å². The van der Waals surface area contributed by atoms with Crippen LogP contribution < -0.4 is 0 Å². The smallest absolute Gasteiger partial charge is 0.342 e. The average Bonchev–Trinajstić information content (AvgIpc) is 2.67. The predicted octanol–water partition coefficient (Wildman–Crippen LogP) is -0.493. The number of alkyl halides is 1. The van der Waals surface area contributed by atoms with E-state index in [1.165, 1.54) is 0 Å². The number of rotatable bonds is 2. The normalized spacial score (nSPS) is 16.3. The molecular weight excluding hydrogens is 565 g/mol. The van der Waals surface area contributed by atoms with Crippen molar-refractivity contribution < 1.29 is 78.9 Å². The molecule has 30 heavy (non-hydrogen) atoms. The highest BCUT2D eigenvalue weighted by atomic mass is 35.5. The van der Waals surface area contributed by atoms with Crippen molar-refractivity contribution in [2.24, 2.45) is 0 Å². The van der Waals surface area contributed by atoms with Crippen LogP contribution in [0.5, 0.6) is 0 Å². The van der Waals surface area contributed by atoms with Crippen LogP contribution in [0, 0.1) is 0 Å². The lowest BCUT2D eigenvalue weighted by atomic mass is 10.6. The van der Waals surface area contributed by atoms with Crippen molar-refractivity contribution >= 4 is 111 Å². The Morgan fingerprint density at radius 1 is 0.800 bits per heavy atom. The van der Waals surface area contributed by atoms with Gasteiger partial charge in [0, 0.05) is 0 Å². The molecule has 2 rings (SSSR count). The van der Waals surface area contributed by atoms with Crippen LogP contribution in [0.2, 0.25) is 0 Å². The van der Waals surface area contributed by atoms with Crippen molar-refractivity contribution in [3.8, 4) is 0 Å². The van der Waals surface area contributed by atoms with E-state index < -0.39 is 44.9 Å². The van der Waals surface area contributed by atoms with Crippen LogP contribution in [-0.2, 0) is 58.0 Å². The molecule has 176 valence electrons. The first-order valence-corrected chi connectivity index (χ1v) is 6.66. The lowest BCUT2D eigenvalue weighted by molar-refractivity contribution is -0.426. The first-order valence-electron chi connectivity index (χ1n) is 5.14. The van der Waals surface area contributed by atoms with Gasteiger partial charge < -0.3 is 5.11 Å². The van der Waals surface area contributed by atoms with Gasteiger partial charge in [-0.25, -0.2) is 29.0 Å². The van der Waals surface area contributed by atoms with E-state index in [-0.39, 0.29) is 24.8 Å². The van der Waals surface area contributed by atoms with Crippen molar-refractivity contribution in [3.05, 3.63) is 0 Å². The third-order valence-corrected chi connectivity index (χ3v) is 2.05. The van der Waals surface area contributed by atoms with Crippen molar-refractivity contribution in [2.75, 3.05) is 0 Å². The molecule has 0 radical (unpaired) electrons.